The van der Waals surface area contributed by atoms with Crippen LogP contribution in [0, 0.1) is 10.1 Å². The van der Waals surface area contributed by atoms with E-state index in [0.29, 0.717) is 5.56 Å². The fraction of sp³-hybridized carbons (Fsp3) is 0.400. The second-order valence-corrected chi connectivity index (χ2v) is 3.39. The number of aliphatic hydroxyl groups is 2. The molecule has 0 fully saturated rings. The maximum atomic E-state index is 10.3. The topological polar surface area (TPSA) is 92.8 Å². The lowest BCUT2D eigenvalue weighted by Crippen LogP contribution is -2.32. The summed E-state index contributed by atoms with van der Waals surface area (Å²) in [6.07, 6.45) is -3.66. The molecule has 1 aromatic rings. The molecule has 0 heterocycles. The first-order valence-corrected chi connectivity index (χ1v) is 4.74. The van der Waals surface area contributed by atoms with Crippen molar-refractivity contribution in [1.82, 2.24) is 0 Å². The molecule has 16 heavy (non-hydrogen) atoms. The Morgan fingerprint density at radius 2 is 1.88 bits per heavy atom. The summed E-state index contributed by atoms with van der Waals surface area (Å²) in [6.45, 7) is 1.34. The molecule has 88 valence electrons. The molecule has 1 aromatic carbocycles. The molecule has 0 radical (unpaired) electrons. The van der Waals surface area contributed by atoms with Gasteiger partial charge in [-0.05, 0) is 12.5 Å². The zero-order chi connectivity index (χ0) is 12.1. The Bertz CT molecular complexity index is 340. The number of rotatable bonds is 5. The standard InChI is InChI=1S/C10H13NO5/c1-7(12)9(13)10(16-11(14)15)8-5-3-2-4-6-8/h2-7,9-10,12-13H,1H3/t7?,9-,10+/m1/s1. The minimum atomic E-state index is -1.35. The van der Waals surface area contributed by atoms with E-state index in [1.165, 1.54) is 6.92 Å². The Kier molecular flexibility index (Phi) is 4.21. The van der Waals surface area contributed by atoms with E-state index < -0.39 is 23.4 Å². The monoisotopic (exact) mass is 227 g/mol. The van der Waals surface area contributed by atoms with Crippen molar-refractivity contribution in [2.24, 2.45) is 0 Å². The molecule has 1 rings (SSSR count). The molecule has 1 unspecified atom stereocenters. The molecule has 0 spiro atoms. The third kappa shape index (κ3) is 3.18. The van der Waals surface area contributed by atoms with Gasteiger partial charge in [0.15, 0.2) is 6.10 Å². The highest BCUT2D eigenvalue weighted by Gasteiger charge is 2.28. The van der Waals surface area contributed by atoms with E-state index >= 15 is 0 Å². The smallest absolute Gasteiger partial charge is 0.295 e. The first kappa shape index (κ1) is 12.4. The van der Waals surface area contributed by atoms with Gasteiger partial charge in [0.1, 0.15) is 6.10 Å². The molecule has 0 saturated heterocycles. The van der Waals surface area contributed by atoms with Gasteiger partial charge in [-0.1, -0.05) is 30.3 Å². The molecular weight excluding hydrogens is 214 g/mol. The van der Waals surface area contributed by atoms with E-state index in [9.17, 15) is 20.3 Å². The Morgan fingerprint density at radius 3 is 2.31 bits per heavy atom. The van der Waals surface area contributed by atoms with Gasteiger partial charge >= 0.3 is 0 Å². The van der Waals surface area contributed by atoms with Crippen molar-refractivity contribution in [2.75, 3.05) is 0 Å². The maximum Gasteiger partial charge on any atom is 0.295 e. The van der Waals surface area contributed by atoms with Gasteiger partial charge in [-0.2, -0.15) is 0 Å². The number of benzene rings is 1. The molecule has 6 heteroatoms. The lowest BCUT2D eigenvalue weighted by molar-refractivity contribution is -0.773. The van der Waals surface area contributed by atoms with Crippen LogP contribution in [0.2, 0.25) is 0 Å². The minimum Gasteiger partial charge on any atom is -0.391 e. The first-order chi connectivity index (χ1) is 7.52. The van der Waals surface area contributed by atoms with Gasteiger partial charge in [0.05, 0.1) is 6.10 Å². The van der Waals surface area contributed by atoms with Crippen LogP contribution in [-0.2, 0) is 4.84 Å². The molecule has 6 nitrogen and oxygen atoms in total. The number of nitrogens with zero attached hydrogens (tertiary/aromatic N) is 1. The summed E-state index contributed by atoms with van der Waals surface area (Å²) >= 11 is 0. The number of hydrogen-bond acceptors (Lipinski definition) is 5. The zero-order valence-corrected chi connectivity index (χ0v) is 8.69. The summed E-state index contributed by atoms with van der Waals surface area (Å²) < 4.78 is 0. The van der Waals surface area contributed by atoms with Crippen LogP contribution in [0.1, 0.15) is 18.6 Å². The predicted octanol–water partition coefficient (Wildman–Crippen LogP) is 0.678. The van der Waals surface area contributed by atoms with Gasteiger partial charge in [0, 0.05) is 0 Å². The van der Waals surface area contributed by atoms with Crippen LogP contribution >= 0.6 is 0 Å². The van der Waals surface area contributed by atoms with Crippen LogP contribution in [0.15, 0.2) is 30.3 Å². The first-order valence-electron chi connectivity index (χ1n) is 4.74. The van der Waals surface area contributed by atoms with E-state index in [1.54, 1.807) is 30.3 Å². The fourth-order valence-electron chi connectivity index (χ4n) is 1.31. The third-order valence-corrected chi connectivity index (χ3v) is 2.13. The van der Waals surface area contributed by atoms with Gasteiger partial charge in [0.2, 0.25) is 0 Å². The van der Waals surface area contributed by atoms with Gasteiger partial charge in [-0.15, -0.1) is 10.1 Å². The van der Waals surface area contributed by atoms with Crippen LogP contribution in [0.3, 0.4) is 0 Å². The molecule has 0 aliphatic heterocycles. The predicted molar refractivity (Wildman–Crippen MR) is 55.0 cm³/mol. The van der Waals surface area contributed by atoms with Crippen LogP contribution < -0.4 is 0 Å². The lowest BCUT2D eigenvalue weighted by Gasteiger charge is -2.23. The SMILES string of the molecule is CC(O)[C@@H](O)[C@@H](O[N+](=O)[O-])c1ccccc1. The van der Waals surface area contributed by atoms with E-state index in [2.05, 4.69) is 4.84 Å². The maximum absolute atomic E-state index is 10.3. The Labute approximate surface area is 92.2 Å². The van der Waals surface area contributed by atoms with Crippen molar-refractivity contribution in [3.8, 4) is 0 Å². The molecule has 0 bridgehead atoms. The van der Waals surface area contributed by atoms with Crippen LogP contribution in [0.5, 0.6) is 0 Å². The normalized spacial score (nSPS) is 16.2. The summed E-state index contributed by atoms with van der Waals surface area (Å²) in [5.41, 5.74) is 0.438. The van der Waals surface area contributed by atoms with Crippen LogP contribution in [0.25, 0.3) is 0 Å². The van der Waals surface area contributed by atoms with Crippen molar-refractivity contribution < 1.29 is 20.1 Å². The quantitative estimate of drug-likeness (QED) is 0.570. The lowest BCUT2D eigenvalue weighted by atomic mass is 10.0. The zero-order valence-electron chi connectivity index (χ0n) is 8.69. The van der Waals surface area contributed by atoms with Gasteiger partial charge < -0.3 is 15.1 Å². The van der Waals surface area contributed by atoms with Crippen LogP contribution in [-0.4, -0.2) is 27.5 Å². The van der Waals surface area contributed by atoms with E-state index in [-0.39, 0.29) is 0 Å². The van der Waals surface area contributed by atoms with Gasteiger partial charge in [0.25, 0.3) is 5.09 Å². The summed E-state index contributed by atoms with van der Waals surface area (Å²) in [5, 5.41) is 28.1. The number of hydrogen-bond donors (Lipinski definition) is 2. The second-order valence-electron chi connectivity index (χ2n) is 3.39. The highest BCUT2D eigenvalue weighted by Crippen LogP contribution is 2.23. The van der Waals surface area contributed by atoms with Gasteiger partial charge in [-0.3, -0.25) is 0 Å². The Morgan fingerprint density at radius 1 is 1.31 bits per heavy atom. The molecule has 3 atom stereocenters. The van der Waals surface area contributed by atoms with Crippen molar-refractivity contribution in [1.29, 1.82) is 0 Å². The van der Waals surface area contributed by atoms with Crippen molar-refractivity contribution in [3.05, 3.63) is 46.0 Å². The summed E-state index contributed by atoms with van der Waals surface area (Å²) in [4.78, 5) is 14.7. The van der Waals surface area contributed by atoms with E-state index in [0.717, 1.165) is 0 Å². The van der Waals surface area contributed by atoms with Gasteiger partial charge in [-0.25, -0.2) is 0 Å². The fourth-order valence-corrected chi connectivity index (χ4v) is 1.31. The molecule has 0 aliphatic carbocycles. The minimum absolute atomic E-state index is 0.438. The average molecular weight is 227 g/mol. The number of aliphatic hydroxyl groups excluding tert-OH is 2. The van der Waals surface area contributed by atoms with E-state index in [4.69, 9.17) is 0 Å². The molecular formula is C10H13NO5. The summed E-state index contributed by atoms with van der Waals surface area (Å²) in [6, 6.07) is 8.24. The summed E-state index contributed by atoms with van der Waals surface area (Å²) in [5.74, 6) is 0. The van der Waals surface area contributed by atoms with Crippen LogP contribution in [0.4, 0.5) is 0 Å². The Hall–Kier alpha value is -1.66. The van der Waals surface area contributed by atoms with Crippen molar-refractivity contribution in [2.45, 2.75) is 25.2 Å². The molecule has 0 aromatic heterocycles. The van der Waals surface area contributed by atoms with Crippen molar-refractivity contribution in [3.63, 3.8) is 0 Å². The van der Waals surface area contributed by atoms with E-state index in [1.807, 2.05) is 0 Å². The molecule has 0 amide bonds. The second kappa shape index (κ2) is 5.43. The molecule has 0 aliphatic rings. The molecule has 0 saturated carbocycles. The highest BCUT2D eigenvalue weighted by atomic mass is 17.0. The van der Waals surface area contributed by atoms with Crippen molar-refractivity contribution >= 4 is 0 Å². The highest BCUT2D eigenvalue weighted by molar-refractivity contribution is 5.18. The summed E-state index contributed by atoms with van der Waals surface area (Å²) in [7, 11) is 0. The molecule has 2 N–H and O–H groups in total. The Balaban J connectivity index is 2.91. The third-order valence-electron chi connectivity index (χ3n) is 2.13. The largest absolute Gasteiger partial charge is 0.391 e. The average Bonchev–Trinajstić information content (AvgIpc) is 2.26.